The first-order valence-corrected chi connectivity index (χ1v) is 3.86. The zero-order chi connectivity index (χ0) is 11.6. The maximum atomic E-state index is 12.9. The second-order valence-electron chi connectivity index (χ2n) is 2.86. The molecule has 0 saturated heterocycles. The van der Waals surface area contributed by atoms with Crippen LogP contribution in [0.5, 0.6) is 0 Å². The summed E-state index contributed by atoms with van der Waals surface area (Å²) >= 11 is 0. The molecule has 1 rings (SSSR count). The molecule has 0 saturated carbocycles. The van der Waals surface area contributed by atoms with Crippen molar-refractivity contribution < 1.29 is 27.5 Å². The van der Waals surface area contributed by atoms with E-state index in [1.165, 1.54) is 0 Å². The zero-order valence-electron chi connectivity index (χ0n) is 7.27. The van der Waals surface area contributed by atoms with Gasteiger partial charge in [0.15, 0.2) is 0 Å². The molecule has 0 aromatic heterocycles. The van der Waals surface area contributed by atoms with E-state index in [1.807, 2.05) is 0 Å². The van der Waals surface area contributed by atoms with E-state index in [9.17, 15) is 27.5 Å². The SMILES string of the molecule is O=C([O-])Cc1ccc(C(F)(F)F)c(F)c1. The molecule has 0 bridgehead atoms. The van der Waals surface area contributed by atoms with Gasteiger partial charge in [-0.25, -0.2) is 4.39 Å². The van der Waals surface area contributed by atoms with E-state index in [0.29, 0.717) is 12.1 Å². The Morgan fingerprint density at radius 3 is 2.33 bits per heavy atom. The van der Waals surface area contributed by atoms with Gasteiger partial charge in [-0.3, -0.25) is 0 Å². The fourth-order valence-electron chi connectivity index (χ4n) is 1.07. The highest BCUT2D eigenvalue weighted by Gasteiger charge is 2.33. The number of rotatable bonds is 2. The first-order chi connectivity index (χ1) is 6.80. The number of carbonyl (C=O) groups is 1. The Bertz CT molecular complexity index is 384. The smallest absolute Gasteiger partial charge is 0.419 e. The number of carbonyl (C=O) groups excluding carboxylic acids is 1. The topological polar surface area (TPSA) is 40.1 Å². The summed E-state index contributed by atoms with van der Waals surface area (Å²) in [4.78, 5) is 10.1. The third kappa shape index (κ3) is 2.93. The molecule has 15 heavy (non-hydrogen) atoms. The summed E-state index contributed by atoms with van der Waals surface area (Å²) in [6.07, 6.45) is -5.39. The van der Waals surface area contributed by atoms with Gasteiger partial charge in [0.1, 0.15) is 5.82 Å². The highest BCUT2D eigenvalue weighted by molar-refractivity contribution is 5.67. The van der Waals surface area contributed by atoms with Crippen molar-refractivity contribution in [3.8, 4) is 0 Å². The van der Waals surface area contributed by atoms with Gasteiger partial charge < -0.3 is 9.90 Å². The van der Waals surface area contributed by atoms with Gasteiger partial charge in [-0.1, -0.05) is 6.07 Å². The van der Waals surface area contributed by atoms with Gasteiger partial charge in [0, 0.05) is 12.4 Å². The van der Waals surface area contributed by atoms with Crippen LogP contribution in [0.25, 0.3) is 0 Å². The van der Waals surface area contributed by atoms with Crippen LogP contribution in [0.4, 0.5) is 17.6 Å². The third-order valence-corrected chi connectivity index (χ3v) is 1.69. The van der Waals surface area contributed by atoms with Crippen LogP contribution in [0.1, 0.15) is 11.1 Å². The Hall–Kier alpha value is -1.59. The second kappa shape index (κ2) is 3.88. The van der Waals surface area contributed by atoms with Gasteiger partial charge in [-0.2, -0.15) is 13.2 Å². The minimum Gasteiger partial charge on any atom is -0.550 e. The third-order valence-electron chi connectivity index (χ3n) is 1.69. The number of aliphatic carboxylic acids is 1. The van der Waals surface area contributed by atoms with Crippen LogP contribution >= 0.6 is 0 Å². The average molecular weight is 221 g/mol. The molecule has 0 radical (unpaired) electrons. The van der Waals surface area contributed by atoms with Crippen LogP contribution in [0.15, 0.2) is 18.2 Å². The lowest BCUT2D eigenvalue weighted by atomic mass is 10.1. The van der Waals surface area contributed by atoms with E-state index in [-0.39, 0.29) is 5.56 Å². The minimum atomic E-state index is -4.77. The summed E-state index contributed by atoms with van der Waals surface area (Å²) in [5, 5.41) is 10.1. The predicted octanol–water partition coefficient (Wildman–Crippen LogP) is 1.14. The van der Waals surface area contributed by atoms with Crippen molar-refractivity contribution in [2.45, 2.75) is 12.6 Å². The quantitative estimate of drug-likeness (QED) is 0.702. The Morgan fingerprint density at radius 2 is 1.93 bits per heavy atom. The number of hydrogen-bond acceptors (Lipinski definition) is 2. The van der Waals surface area contributed by atoms with Crippen LogP contribution in [0, 0.1) is 5.82 Å². The van der Waals surface area contributed by atoms with Crippen LogP contribution in [0.2, 0.25) is 0 Å². The van der Waals surface area contributed by atoms with Crippen LogP contribution < -0.4 is 5.11 Å². The second-order valence-corrected chi connectivity index (χ2v) is 2.86. The molecule has 0 aliphatic carbocycles. The summed E-state index contributed by atoms with van der Waals surface area (Å²) in [6, 6.07) is 1.95. The predicted molar refractivity (Wildman–Crippen MR) is 40.1 cm³/mol. The normalized spacial score (nSPS) is 11.5. The van der Waals surface area contributed by atoms with Gasteiger partial charge in [0.05, 0.1) is 5.56 Å². The highest BCUT2D eigenvalue weighted by atomic mass is 19.4. The van der Waals surface area contributed by atoms with Gasteiger partial charge in [0.2, 0.25) is 0 Å². The van der Waals surface area contributed by atoms with Crippen molar-refractivity contribution in [1.82, 2.24) is 0 Å². The number of hydrogen-bond donors (Lipinski definition) is 0. The molecule has 82 valence electrons. The molecular weight excluding hydrogens is 216 g/mol. The van der Waals surface area contributed by atoms with Crippen molar-refractivity contribution in [3.05, 3.63) is 35.1 Å². The minimum absolute atomic E-state index is 0.0690. The largest absolute Gasteiger partial charge is 0.550 e. The van der Waals surface area contributed by atoms with Crippen LogP contribution in [-0.4, -0.2) is 5.97 Å². The number of alkyl halides is 3. The number of carboxylic acid groups (broad SMARTS) is 1. The molecule has 1 aromatic carbocycles. The molecule has 0 unspecified atom stereocenters. The summed E-state index contributed by atoms with van der Waals surface area (Å²) in [5.74, 6) is -2.96. The van der Waals surface area contributed by atoms with E-state index in [0.717, 1.165) is 6.07 Å². The van der Waals surface area contributed by atoms with Gasteiger partial charge >= 0.3 is 6.18 Å². The molecule has 0 aliphatic heterocycles. The maximum Gasteiger partial charge on any atom is 0.419 e. The molecule has 2 nitrogen and oxygen atoms in total. The van der Waals surface area contributed by atoms with Gasteiger partial charge in [-0.05, 0) is 17.7 Å². The average Bonchev–Trinajstić information content (AvgIpc) is 1.99. The molecule has 0 atom stereocenters. The van der Waals surface area contributed by atoms with Crippen molar-refractivity contribution in [1.29, 1.82) is 0 Å². The Labute approximate surface area is 82.1 Å². The molecule has 6 heteroatoms. The molecule has 1 aromatic rings. The number of carboxylic acids is 1. The van der Waals surface area contributed by atoms with Crippen molar-refractivity contribution >= 4 is 5.97 Å². The molecular formula is C9H5F4O2-. The van der Waals surface area contributed by atoms with Crippen LogP contribution in [0.3, 0.4) is 0 Å². The van der Waals surface area contributed by atoms with Crippen molar-refractivity contribution in [2.24, 2.45) is 0 Å². The fraction of sp³-hybridized carbons (Fsp3) is 0.222. The summed E-state index contributed by atoms with van der Waals surface area (Å²) < 4.78 is 49.1. The molecule has 0 amide bonds. The lowest BCUT2D eigenvalue weighted by molar-refractivity contribution is -0.304. The van der Waals surface area contributed by atoms with Crippen LogP contribution in [-0.2, 0) is 17.4 Å². The number of benzene rings is 1. The van der Waals surface area contributed by atoms with Crippen molar-refractivity contribution in [3.63, 3.8) is 0 Å². The zero-order valence-corrected chi connectivity index (χ0v) is 7.27. The summed E-state index contributed by atoms with van der Waals surface area (Å²) in [6.45, 7) is 0. The molecule has 0 fully saturated rings. The molecule has 0 aliphatic rings. The first kappa shape index (κ1) is 11.5. The van der Waals surface area contributed by atoms with E-state index in [4.69, 9.17) is 0 Å². The van der Waals surface area contributed by atoms with Gasteiger partial charge in [0.25, 0.3) is 0 Å². The number of halogens is 4. The lowest BCUT2D eigenvalue weighted by Gasteiger charge is -2.09. The molecule has 0 spiro atoms. The van der Waals surface area contributed by atoms with E-state index in [2.05, 4.69) is 0 Å². The summed E-state index contributed by atoms with van der Waals surface area (Å²) in [5.41, 5.74) is -1.48. The van der Waals surface area contributed by atoms with Gasteiger partial charge in [-0.15, -0.1) is 0 Å². The summed E-state index contributed by atoms with van der Waals surface area (Å²) in [7, 11) is 0. The Balaban J connectivity index is 3.04. The molecule has 0 heterocycles. The fourth-order valence-corrected chi connectivity index (χ4v) is 1.07. The van der Waals surface area contributed by atoms with E-state index < -0.39 is 29.9 Å². The Kier molecular flexibility index (Phi) is 2.97. The highest BCUT2D eigenvalue weighted by Crippen LogP contribution is 2.31. The Morgan fingerprint density at radius 1 is 1.33 bits per heavy atom. The van der Waals surface area contributed by atoms with E-state index in [1.54, 1.807) is 0 Å². The first-order valence-electron chi connectivity index (χ1n) is 3.86. The standard InChI is InChI=1S/C9H6F4O2/c10-7-3-5(4-8(14)15)1-2-6(7)9(11,12)13/h1-3H,4H2,(H,14,15)/p-1. The maximum absolute atomic E-state index is 12.9. The van der Waals surface area contributed by atoms with E-state index >= 15 is 0 Å². The molecule has 0 N–H and O–H groups in total. The lowest BCUT2D eigenvalue weighted by Crippen LogP contribution is -2.24. The van der Waals surface area contributed by atoms with Crippen molar-refractivity contribution in [2.75, 3.05) is 0 Å². The monoisotopic (exact) mass is 221 g/mol.